The lowest BCUT2D eigenvalue weighted by molar-refractivity contribution is -0.132. The molecule has 1 atom stereocenters. The number of aliphatic hydroxyl groups excluding tert-OH is 1. The number of carbonyl (C=O) groups excluding carboxylic acids is 2. The van der Waals surface area contributed by atoms with Crippen LogP contribution >= 0.6 is 11.6 Å². The van der Waals surface area contributed by atoms with Crippen molar-refractivity contribution in [3.05, 3.63) is 100 Å². The lowest BCUT2D eigenvalue weighted by Crippen LogP contribution is -2.30. The van der Waals surface area contributed by atoms with Crippen LogP contribution in [-0.4, -0.2) is 21.8 Å². The van der Waals surface area contributed by atoms with Crippen LogP contribution in [0.1, 0.15) is 22.7 Å². The van der Waals surface area contributed by atoms with Crippen molar-refractivity contribution in [3.8, 4) is 0 Å². The van der Waals surface area contributed by atoms with E-state index in [1.54, 1.807) is 60.8 Å². The van der Waals surface area contributed by atoms with E-state index < -0.39 is 17.7 Å². The van der Waals surface area contributed by atoms with Gasteiger partial charge < -0.3 is 5.11 Å². The number of aromatic nitrogens is 1. The number of benzene rings is 2. The molecular weight excluding hydrogens is 388 g/mol. The van der Waals surface area contributed by atoms with E-state index in [1.165, 1.54) is 4.90 Å². The zero-order valence-corrected chi connectivity index (χ0v) is 16.3. The number of aliphatic hydroxyl groups is 1. The summed E-state index contributed by atoms with van der Waals surface area (Å²) < 4.78 is 0. The summed E-state index contributed by atoms with van der Waals surface area (Å²) in [5.74, 6) is -1.42. The minimum Gasteiger partial charge on any atom is -0.507 e. The van der Waals surface area contributed by atoms with Gasteiger partial charge in [0.05, 0.1) is 11.6 Å². The lowest BCUT2D eigenvalue weighted by atomic mass is 9.95. The highest BCUT2D eigenvalue weighted by atomic mass is 35.5. The second kappa shape index (κ2) is 7.53. The number of carbonyl (C=O) groups is 2. The Kier molecular flexibility index (Phi) is 4.91. The normalized spacial score (nSPS) is 18.3. The van der Waals surface area contributed by atoms with Gasteiger partial charge in [0.1, 0.15) is 11.6 Å². The minimum absolute atomic E-state index is 0.00627. The zero-order valence-electron chi connectivity index (χ0n) is 15.5. The fraction of sp³-hybridized carbons (Fsp3) is 0.0870. The van der Waals surface area contributed by atoms with Gasteiger partial charge in [-0.15, -0.1) is 0 Å². The topological polar surface area (TPSA) is 70.5 Å². The highest BCUT2D eigenvalue weighted by Crippen LogP contribution is 2.41. The molecule has 1 aromatic heterocycles. The average Bonchev–Trinajstić information content (AvgIpc) is 2.99. The quantitative estimate of drug-likeness (QED) is 0.391. The third-order valence-corrected chi connectivity index (χ3v) is 5.07. The van der Waals surface area contributed by atoms with Crippen LogP contribution in [0.5, 0.6) is 0 Å². The first kappa shape index (κ1) is 18.9. The van der Waals surface area contributed by atoms with Gasteiger partial charge in [-0.2, -0.15) is 0 Å². The van der Waals surface area contributed by atoms with Gasteiger partial charge in [0.2, 0.25) is 0 Å². The van der Waals surface area contributed by atoms with E-state index >= 15 is 0 Å². The third kappa shape index (κ3) is 3.41. The molecule has 144 valence electrons. The summed E-state index contributed by atoms with van der Waals surface area (Å²) >= 11 is 6.17. The number of hydrogen-bond donors (Lipinski definition) is 1. The number of ketones is 1. The molecule has 6 heteroatoms. The molecule has 0 radical (unpaired) electrons. The fourth-order valence-electron chi connectivity index (χ4n) is 3.42. The molecule has 2 heterocycles. The first-order chi connectivity index (χ1) is 14.0. The third-order valence-electron chi connectivity index (χ3n) is 4.83. The summed E-state index contributed by atoms with van der Waals surface area (Å²) in [6.07, 6.45) is 1.55. The Balaban J connectivity index is 1.95. The maximum absolute atomic E-state index is 13.0. The van der Waals surface area contributed by atoms with Crippen molar-refractivity contribution >= 4 is 34.9 Å². The molecule has 29 heavy (non-hydrogen) atoms. The average molecular weight is 405 g/mol. The molecule has 4 rings (SSSR count). The van der Waals surface area contributed by atoms with Crippen molar-refractivity contribution < 1.29 is 14.7 Å². The number of aryl methyl sites for hydroxylation is 1. The Hall–Kier alpha value is -3.44. The van der Waals surface area contributed by atoms with E-state index in [0.717, 1.165) is 5.56 Å². The largest absolute Gasteiger partial charge is 0.507 e. The number of Topliss-reactive ketones (excluding diaryl/α,β-unsaturated/α-hetero) is 1. The predicted molar refractivity (Wildman–Crippen MR) is 112 cm³/mol. The standard InChI is InChI=1S/C23H17ClN2O3/c1-14-8-10-15(11-9-14)21(27)19-20(16-5-4-6-17(24)13-16)26(23(29)22(19)28)18-7-2-3-12-25-18/h2-13,20,27H,1H3. The van der Waals surface area contributed by atoms with E-state index in [1.807, 2.05) is 19.1 Å². The van der Waals surface area contributed by atoms with Gasteiger partial charge in [-0.3, -0.25) is 14.5 Å². The van der Waals surface area contributed by atoms with Crippen LogP contribution in [0.3, 0.4) is 0 Å². The fourth-order valence-corrected chi connectivity index (χ4v) is 3.62. The van der Waals surface area contributed by atoms with Crippen molar-refractivity contribution in [3.63, 3.8) is 0 Å². The number of hydrogen-bond acceptors (Lipinski definition) is 4. The first-order valence-corrected chi connectivity index (χ1v) is 9.39. The van der Waals surface area contributed by atoms with Crippen LogP contribution < -0.4 is 4.90 Å². The molecule has 1 aliphatic rings. The second-order valence-electron chi connectivity index (χ2n) is 6.78. The Labute approximate surface area is 172 Å². The Morgan fingerprint density at radius 1 is 1.03 bits per heavy atom. The molecule has 2 aromatic carbocycles. The van der Waals surface area contributed by atoms with Crippen molar-refractivity contribution in [2.75, 3.05) is 4.90 Å². The molecule has 1 amide bonds. The number of halogens is 1. The maximum atomic E-state index is 13.0. The smallest absolute Gasteiger partial charge is 0.301 e. The van der Waals surface area contributed by atoms with Gasteiger partial charge in [0, 0.05) is 16.8 Å². The van der Waals surface area contributed by atoms with Gasteiger partial charge in [-0.25, -0.2) is 4.98 Å². The van der Waals surface area contributed by atoms with E-state index in [0.29, 0.717) is 22.0 Å². The number of anilines is 1. The molecule has 1 N–H and O–H groups in total. The molecule has 0 bridgehead atoms. The maximum Gasteiger partial charge on any atom is 0.301 e. The molecule has 5 nitrogen and oxygen atoms in total. The van der Waals surface area contributed by atoms with E-state index in [4.69, 9.17) is 11.6 Å². The number of rotatable bonds is 3. The van der Waals surface area contributed by atoms with E-state index in [-0.39, 0.29) is 11.3 Å². The molecule has 0 saturated carbocycles. The minimum atomic E-state index is -0.843. The highest BCUT2D eigenvalue weighted by Gasteiger charge is 2.47. The van der Waals surface area contributed by atoms with Crippen molar-refractivity contribution in [1.82, 2.24) is 4.98 Å². The molecule has 1 fully saturated rings. The van der Waals surface area contributed by atoms with Crippen LogP contribution in [0.2, 0.25) is 5.02 Å². The van der Waals surface area contributed by atoms with Crippen molar-refractivity contribution in [2.24, 2.45) is 0 Å². The van der Waals surface area contributed by atoms with Gasteiger partial charge >= 0.3 is 5.91 Å². The van der Waals surface area contributed by atoms with E-state index in [2.05, 4.69) is 4.98 Å². The van der Waals surface area contributed by atoms with Gasteiger partial charge in [-0.05, 0) is 36.8 Å². The Morgan fingerprint density at radius 2 is 1.79 bits per heavy atom. The van der Waals surface area contributed by atoms with Crippen LogP contribution in [0.4, 0.5) is 5.82 Å². The SMILES string of the molecule is Cc1ccc(C(O)=C2C(=O)C(=O)N(c3ccccn3)C2c2cccc(Cl)c2)cc1. The van der Waals surface area contributed by atoms with E-state index in [9.17, 15) is 14.7 Å². The van der Waals surface area contributed by atoms with Gasteiger partial charge in [0.25, 0.3) is 5.78 Å². The molecular formula is C23H17ClN2O3. The summed E-state index contributed by atoms with van der Waals surface area (Å²) in [4.78, 5) is 31.4. The zero-order chi connectivity index (χ0) is 20.5. The lowest BCUT2D eigenvalue weighted by Gasteiger charge is -2.24. The molecule has 0 spiro atoms. The van der Waals surface area contributed by atoms with Crippen LogP contribution in [-0.2, 0) is 9.59 Å². The first-order valence-electron chi connectivity index (χ1n) is 9.02. The Bertz CT molecular complexity index is 1120. The second-order valence-corrected chi connectivity index (χ2v) is 7.21. The van der Waals surface area contributed by atoms with Crippen LogP contribution in [0, 0.1) is 6.92 Å². The highest BCUT2D eigenvalue weighted by molar-refractivity contribution is 6.51. The molecule has 1 saturated heterocycles. The summed E-state index contributed by atoms with van der Waals surface area (Å²) in [5.41, 5.74) is 2.09. The van der Waals surface area contributed by atoms with Gasteiger partial charge in [0.15, 0.2) is 0 Å². The predicted octanol–water partition coefficient (Wildman–Crippen LogP) is 4.67. The Morgan fingerprint density at radius 3 is 2.45 bits per heavy atom. The number of nitrogens with zero attached hydrogens (tertiary/aromatic N) is 2. The molecule has 1 aliphatic heterocycles. The molecule has 0 aliphatic carbocycles. The molecule has 1 unspecified atom stereocenters. The van der Waals surface area contributed by atoms with Gasteiger partial charge in [-0.1, -0.05) is 59.6 Å². The number of pyridine rings is 1. The summed E-state index contributed by atoms with van der Waals surface area (Å²) in [5, 5.41) is 11.5. The summed E-state index contributed by atoms with van der Waals surface area (Å²) in [7, 11) is 0. The number of amides is 1. The monoisotopic (exact) mass is 404 g/mol. The summed E-state index contributed by atoms with van der Waals surface area (Å²) in [6.45, 7) is 1.93. The molecule has 3 aromatic rings. The van der Waals surface area contributed by atoms with Crippen molar-refractivity contribution in [2.45, 2.75) is 13.0 Å². The van der Waals surface area contributed by atoms with Crippen LogP contribution in [0.25, 0.3) is 5.76 Å². The summed E-state index contributed by atoms with van der Waals surface area (Å²) in [6, 6.07) is 18.2. The van der Waals surface area contributed by atoms with Crippen LogP contribution in [0.15, 0.2) is 78.5 Å². The van der Waals surface area contributed by atoms with Crippen molar-refractivity contribution in [1.29, 1.82) is 0 Å².